The SMILES string of the molecule is O=C1C=CCC=C1Oc1ccccc1F. The third-order valence-electron chi connectivity index (χ3n) is 2.01. The van der Waals surface area contributed by atoms with Gasteiger partial charge in [-0.05, 0) is 30.7 Å². The molecule has 0 bridgehead atoms. The zero-order valence-corrected chi connectivity index (χ0v) is 7.94. The number of ketones is 1. The molecule has 0 N–H and O–H groups in total. The summed E-state index contributed by atoms with van der Waals surface area (Å²) in [6.45, 7) is 0. The van der Waals surface area contributed by atoms with Crippen LogP contribution in [0.15, 0.2) is 48.3 Å². The summed E-state index contributed by atoms with van der Waals surface area (Å²) in [7, 11) is 0. The molecule has 0 heterocycles. The smallest absolute Gasteiger partial charge is 0.220 e. The lowest BCUT2D eigenvalue weighted by Crippen LogP contribution is -2.09. The third-order valence-corrected chi connectivity index (χ3v) is 2.01. The molecule has 0 saturated carbocycles. The molecule has 0 spiro atoms. The van der Waals surface area contributed by atoms with Crippen LogP contribution in [0.5, 0.6) is 5.75 Å². The summed E-state index contributed by atoms with van der Waals surface area (Å²) in [5, 5.41) is 0. The molecule has 0 aromatic heterocycles. The summed E-state index contributed by atoms with van der Waals surface area (Å²) >= 11 is 0. The van der Waals surface area contributed by atoms with E-state index in [1.54, 1.807) is 24.3 Å². The van der Waals surface area contributed by atoms with E-state index in [0.717, 1.165) is 0 Å². The Balaban J connectivity index is 2.19. The van der Waals surface area contributed by atoms with Crippen LogP contribution < -0.4 is 4.74 Å². The number of hydrogen-bond donors (Lipinski definition) is 0. The van der Waals surface area contributed by atoms with Crippen molar-refractivity contribution in [3.05, 3.63) is 54.1 Å². The van der Waals surface area contributed by atoms with E-state index in [4.69, 9.17) is 4.74 Å². The molecule has 0 fully saturated rings. The standard InChI is InChI=1S/C12H9FO2/c13-9-5-1-3-7-11(9)15-12-8-4-2-6-10(12)14/h1-3,5-8H,4H2. The van der Waals surface area contributed by atoms with Crippen LogP contribution in [0.2, 0.25) is 0 Å². The molecule has 2 nitrogen and oxygen atoms in total. The Kier molecular flexibility index (Phi) is 2.63. The molecule has 0 atom stereocenters. The van der Waals surface area contributed by atoms with Crippen LogP contribution >= 0.6 is 0 Å². The lowest BCUT2D eigenvalue weighted by Gasteiger charge is -2.09. The fraction of sp³-hybridized carbons (Fsp3) is 0.0833. The lowest BCUT2D eigenvalue weighted by molar-refractivity contribution is -0.113. The van der Waals surface area contributed by atoms with Crippen molar-refractivity contribution in [3.8, 4) is 5.75 Å². The minimum Gasteiger partial charge on any atom is -0.451 e. The Morgan fingerprint density at radius 1 is 1.27 bits per heavy atom. The highest BCUT2D eigenvalue weighted by atomic mass is 19.1. The number of carbonyl (C=O) groups is 1. The molecule has 1 aliphatic carbocycles. The summed E-state index contributed by atoms with van der Waals surface area (Å²) in [6, 6.07) is 6.00. The second kappa shape index (κ2) is 4.09. The molecule has 0 amide bonds. The van der Waals surface area contributed by atoms with Gasteiger partial charge in [-0.25, -0.2) is 4.39 Å². The van der Waals surface area contributed by atoms with E-state index in [2.05, 4.69) is 0 Å². The normalized spacial score (nSPS) is 15.0. The monoisotopic (exact) mass is 204 g/mol. The first kappa shape index (κ1) is 9.65. The number of halogens is 1. The Labute approximate surface area is 86.7 Å². The Hall–Kier alpha value is -1.90. The van der Waals surface area contributed by atoms with E-state index in [0.29, 0.717) is 6.42 Å². The van der Waals surface area contributed by atoms with Crippen molar-refractivity contribution < 1.29 is 13.9 Å². The van der Waals surface area contributed by atoms with Crippen LogP contribution in [0, 0.1) is 5.82 Å². The molecule has 0 saturated heterocycles. The second-order valence-electron chi connectivity index (χ2n) is 3.10. The minimum absolute atomic E-state index is 0.0763. The topological polar surface area (TPSA) is 26.3 Å². The summed E-state index contributed by atoms with van der Waals surface area (Å²) in [5.74, 6) is -0.444. The average molecular weight is 204 g/mol. The maximum atomic E-state index is 13.2. The van der Waals surface area contributed by atoms with E-state index >= 15 is 0 Å². The number of allylic oxidation sites excluding steroid dienone is 3. The largest absolute Gasteiger partial charge is 0.451 e. The van der Waals surface area contributed by atoms with Gasteiger partial charge in [0.15, 0.2) is 17.3 Å². The van der Waals surface area contributed by atoms with Crippen LogP contribution in [0.1, 0.15) is 6.42 Å². The molecule has 2 rings (SSSR count). The number of para-hydroxylation sites is 1. The van der Waals surface area contributed by atoms with Crippen molar-refractivity contribution in [1.82, 2.24) is 0 Å². The maximum absolute atomic E-state index is 13.2. The molecule has 0 aliphatic heterocycles. The van der Waals surface area contributed by atoms with Gasteiger partial charge in [0.25, 0.3) is 0 Å². The lowest BCUT2D eigenvalue weighted by atomic mass is 10.1. The first-order valence-electron chi connectivity index (χ1n) is 4.61. The quantitative estimate of drug-likeness (QED) is 0.740. The van der Waals surface area contributed by atoms with Crippen molar-refractivity contribution in [2.24, 2.45) is 0 Å². The Bertz CT molecular complexity index is 447. The highest BCUT2D eigenvalue weighted by molar-refractivity contribution is 6.03. The van der Waals surface area contributed by atoms with E-state index in [-0.39, 0.29) is 17.3 Å². The summed E-state index contributed by atoms with van der Waals surface area (Å²) in [6.07, 6.45) is 5.43. The van der Waals surface area contributed by atoms with Gasteiger partial charge in [-0.15, -0.1) is 0 Å². The molecule has 1 aliphatic rings. The maximum Gasteiger partial charge on any atom is 0.220 e. The van der Waals surface area contributed by atoms with Gasteiger partial charge in [0.2, 0.25) is 5.78 Å². The highest BCUT2D eigenvalue weighted by Gasteiger charge is 2.13. The molecular formula is C12H9FO2. The van der Waals surface area contributed by atoms with E-state index in [1.807, 2.05) is 0 Å². The van der Waals surface area contributed by atoms with E-state index < -0.39 is 5.82 Å². The van der Waals surface area contributed by atoms with E-state index in [9.17, 15) is 9.18 Å². The average Bonchev–Trinajstić information content (AvgIpc) is 2.24. The molecule has 0 unspecified atom stereocenters. The predicted octanol–water partition coefficient (Wildman–Crippen LogP) is 2.62. The first-order chi connectivity index (χ1) is 7.27. The number of rotatable bonds is 2. The van der Waals surface area contributed by atoms with Gasteiger partial charge in [0.1, 0.15) is 0 Å². The van der Waals surface area contributed by atoms with Crippen molar-refractivity contribution in [3.63, 3.8) is 0 Å². The van der Waals surface area contributed by atoms with Crippen molar-refractivity contribution in [1.29, 1.82) is 0 Å². The number of ether oxygens (including phenoxy) is 1. The van der Waals surface area contributed by atoms with Crippen LogP contribution in [-0.4, -0.2) is 5.78 Å². The van der Waals surface area contributed by atoms with Crippen molar-refractivity contribution in [2.45, 2.75) is 6.42 Å². The predicted molar refractivity (Wildman–Crippen MR) is 53.9 cm³/mol. The molecule has 1 aromatic carbocycles. The fourth-order valence-electron chi connectivity index (χ4n) is 1.27. The zero-order valence-electron chi connectivity index (χ0n) is 7.94. The van der Waals surface area contributed by atoms with Gasteiger partial charge < -0.3 is 4.74 Å². The van der Waals surface area contributed by atoms with Crippen LogP contribution in [0.25, 0.3) is 0 Å². The number of benzene rings is 1. The number of hydrogen-bond acceptors (Lipinski definition) is 2. The second-order valence-corrected chi connectivity index (χ2v) is 3.10. The van der Waals surface area contributed by atoms with E-state index in [1.165, 1.54) is 18.2 Å². The molecular weight excluding hydrogens is 195 g/mol. The summed E-state index contributed by atoms with van der Waals surface area (Å²) in [5.41, 5.74) is 0. The van der Waals surface area contributed by atoms with Gasteiger partial charge >= 0.3 is 0 Å². The Morgan fingerprint density at radius 3 is 2.80 bits per heavy atom. The summed E-state index contributed by atoms with van der Waals surface area (Å²) < 4.78 is 18.4. The van der Waals surface area contributed by atoms with Gasteiger partial charge in [0, 0.05) is 0 Å². The molecule has 76 valence electrons. The summed E-state index contributed by atoms with van der Waals surface area (Å²) in [4.78, 5) is 11.3. The van der Waals surface area contributed by atoms with Crippen LogP contribution in [0.3, 0.4) is 0 Å². The molecule has 3 heteroatoms. The highest BCUT2D eigenvalue weighted by Crippen LogP contribution is 2.20. The van der Waals surface area contributed by atoms with Crippen LogP contribution in [-0.2, 0) is 4.79 Å². The molecule has 0 radical (unpaired) electrons. The van der Waals surface area contributed by atoms with Gasteiger partial charge in [-0.2, -0.15) is 0 Å². The van der Waals surface area contributed by atoms with Gasteiger partial charge in [-0.3, -0.25) is 4.79 Å². The molecule has 1 aromatic rings. The fourth-order valence-corrected chi connectivity index (χ4v) is 1.27. The third kappa shape index (κ3) is 2.13. The first-order valence-corrected chi connectivity index (χ1v) is 4.61. The minimum atomic E-state index is -0.472. The Morgan fingerprint density at radius 2 is 2.07 bits per heavy atom. The number of carbonyl (C=O) groups excluding carboxylic acids is 1. The molecule has 15 heavy (non-hydrogen) atoms. The van der Waals surface area contributed by atoms with Gasteiger partial charge in [0.05, 0.1) is 0 Å². The van der Waals surface area contributed by atoms with Crippen molar-refractivity contribution in [2.75, 3.05) is 0 Å². The van der Waals surface area contributed by atoms with Crippen molar-refractivity contribution >= 4 is 5.78 Å². The van der Waals surface area contributed by atoms with Crippen LogP contribution in [0.4, 0.5) is 4.39 Å². The van der Waals surface area contributed by atoms with Gasteiger partial charge in [-0.1, -0.05) is 18.2 Å². The zero-order chi connectivity index (χ0) is 10.7.